The van der Waals surface area contributed by atoms with Crippen LogP contribution in [0, 0.1) is 19.9 Å². The molecule has 244 valence electrons. The third-order valence-corrected chi connectivity index (χ3v) is 9.20. The average molecular weight is 810 g/mol. The molecule has 1 N–H and O–H groups in total. The Balaban J connectivity index is 0.00000401. The molecule has 0 amide bonds. The van der Waals surface area contributed by atoms with Crippen LogP contribution in [-0.4, -0.2) is 19.6 Å². The van der Waals surface area contributed by atoms with Gasteiger partial charge in [-0.1, -0.05) is 99.3 Å². The zero-order chi connectivity index (χ0) is 33.0. The number of hydrogen-bond acceptors (Lipinski definition) is 3. The molecule has 0 saturated heterocycles. The summed E-state index contributed by atoms with van der Waals surface area (Å²) in [6, 6.07) is 37.4. The largest absolute Gasteiger partial charge is 0.507 e. The van der Waals surface area contributed by atoms with E-state index in [1.807, 2.05) is 25.3 Å². The summed E-state index contributed by atoms with van der Waals surface area (Å²) in [5.41, 5.74) is 13.4. The van der Waals surface area contributed by atoms with Crippen molar-refractivity contribution in [2.45, 2.75) is 59.8 Å². The Kier molecular flexibility index (Phi) is 8.91. The molecule has 7 rings (SSSR count). The minimum Gasteiger partial charge on any atom is -0.507 e. The number of phenolic OH excluding ortho intramolecular Hbond substituents is 1. The Morgan fingerprint density at radius 2 is 1.46 bits per heavy atom. The number of aromatic hydroxyl groups is 1. The molecule has 0 spiro atoms. The fraction of sp³-hybridized carbons (Fsp3) is 0.209. The van der Waals surface area contributed by atoms with Crippen LogP contribution < -0.4 is 0 Å². The number of rotatable bonds is 5. The fourth-order valence-electron chi connectivity index (χ4n) is 6.43. The molecule has 4 nitrogen and oxygen atoms in total. The molecular formula is C43H40N3OPt-. The molecule has 0 bridgehead atoms. The van der Waals surface area contributed by atoms with Crippen molar-refractivity contribution in [2.24, 2.45) is 0 Å². The van der Waals surface area contributed by atoms with Crippen molar-refractivity contribution < 1.29 is 26.2 Å². The number of hydrogen-bond donors (Lipinski definition) is 1. The second-order valence-corrected chi connectivity index (χ2v) is 14.0. The van der Waals surface area contributed by atoms with Crippen LogP contribution in [0.2, 0.25) is 0 Å². The standard InChI is InChI=1S/C43H40N3O.Pt/c1-26(2)31-24-35-28(4)20-21-44-40(35)36(25-31)30-11-8-10-29(23-30)34-12-9-13-38-41(34)45-42(37-22-27(3)14-19-39(37)47)46(38)33-17-15-32(16-18-33)43(5,6)7;/h8-22,24-26,47H,1-7H3;/q-1;. The van der Waals surface area contributed by atoms with Gasteiger partial charge in [0.05, 0.1) is 16.6 Å². The third-order valence-electron chi connectivity index (χ3n) is 9.20. The van der Waals surface area contributed by atoms with Crippen LogP contribution in [0.3, 0.4) is 0 Å². The van der Waals surface area contributed by atoms with Gasteiger partial charge in [0.2, 0.25) is 0 Å². The van der Waals surface area contributed by atoms with E-state index in [9.17, 15) is 5.11 Å². The molecule has 0 aliphatic heterocycles. The molecule has 0 aliphatic rings. The van der Waals surface area contributed by atoms with E-state index in [1.54, 1.807) is 6.07 Å². The summed E-state index contributed by atoms with van der Waals surface area (Å²) in [6.45, 7) is 15.3. The van der Waals surface area contributed by atoms with E-state index in [2.05, 4.69) is 131 Å². The number of para-hydroxylation sites is 1. The first kappa shape index (κ1) is 33.4. The molecule has 0 unspecified atom stereocenters. The van der Waals surface area contributed by atoms with E-state index in [4.69, 9.17) is 9.97 Å². The SMILES string of the molecule is Cc1ccc(O)c(-c2nc3c(-c4[c-]c(-c5cc(C(C)C)cc6c(C)ccnc56)ccc4)cccc3n2-c2ccc(C(C)(C)C)cc2)c1.[Pt]. The second kappa shape index (κ2) is 12.8. The number of aromatic nitrogens is 3. The molecular weight excluding hydrogens is 770 g/mol. The van der Waals surface area contributed by atoms with Crippen molar-refractivity contribution in [1.29, 1.82) is 0 Å². The quantitative estimate of drug-likeness (QED) is 0.176. The number of fused-ring (bicyclic) bond motifs is 2. The molecule has 0 saturated carbocycles. The summed E-state index contributed by atoms with van der Waals surface area (Å²) < 4.78 is 2.16. The summed E-state index contributed by atoms with van der Waals surface area (Å²) in [5, 5.41) is 12.3. The van der Waals surface area contributed by atoms with Crippen molar-refractivity contribution >= 4 is 21.9 Å². The maximum absolute atomic E-state index is 11.1. The maximum atomic E-state index is 11.1. The molecule has 2 heterocycles. The Morgan fingerprint density at radius 3 is 2.17 bits per heavy atom. The van der Waals surface area contributed by atoms with Gasteiger partial charge in [-0.2, -0.15) is 0 Å². The van der Waals surface area contributed by atoms with Crippen LogP contribution in [0.15, 0.2) is 103 Å². The zero-order valence-corrected chi connectivity index (χ0v) is 30.8. The van der Waals surface area contributed by atoms with Crippen molar-refractivity contribution in [3.05, 3.63) is 132 Å². The molecule has 0 atom stereocenters. The van der Waals surface area contributed by atoms with E-state index >= 15 is 0 Å². The van der Waals surface area contributed by atoms with Crippen molar-refractivity contribution in [1.82, 2.24) is 14.5 Å². The van der Waals surface area contributed by atoms with Gasteiger partial charge in [0.1, 0.15) is 11.6 Å². The molecule has 0 aliphatic carbocycles. The topological polar surface area (TPSA) is 50.9 Å². The van der Waals surface area contributed by atoms with E-state index < -0.39 is 0 Å². The minimum atomic E-state index is 0. The van der Waals surface area contributed by atoms with Gasteiger partial charge in [-0.15, -0.1) is 35.4 Å². The smallest absolute Gasteiger partial charge is 0.148 e. The van der Waals surface area contributed by atoms with Gasteiger partial charge >= 0.3 is 0 Å². The number of aryl methyl sites for hydroxylation is 2. The van der Waals surface area contributed by atoms with Crippen molar-refractivity contribution in [3.63, 3.8) is 0 Å². The van der Waals surface area contributed by atoms with Gasteiger partial charge in [-0.3, -0.25) is 9.55 Å². The zero-order valence-electron chi connectivity index (χ0n) is 28.5. The van der Waals surface area contributed by atoms with Gasteiger partial charge in [0, 0.05) is 38.5 Å². The van der Waals surface area contributed by atoms with E-state index in [-0.39, 0.29) is 32.2 Å². The molecule has 7 aromatic rings. The monoisotopic (exact) mass is 809 g/mol. The van der Waals surface area contributed by atoms with Crippen LogP contribution >= 0.6 is 0 Å². The predicted molar refractivity (Wildman–Crippen MR) is 195 cm³/mol. The number of pyridine rings is 1. The first-order chi connectivity index (χ1) is 22.5. The van der Waals surface area contributed by atoms with Crippen LogP contribution in [0.5, 0.6) is 5.75 Å². The van der Waals surface area contributed by atoms with E-state index in [0.29, 0.717) is 17.3 Å². The third kappa shape index (κ3) is 5.99. The summed E-state index contributed by atoms with van der Waals surface area (Å²) in [6.07, 6.45) is 1.89. The first-order valence-electron chi connectivity index (χ1n) is 16.3. The second-order valence-electron chi connectivity index (χ2n) is 14.0. The van der Waals surface area contributed by atoms with Crippen molar-refractivity contribution in [3.8, 4) is 45.1 Å². The molecule has 0 radical (unpaired) electrons. The summed E-state index contributed by atoms with van der Waals surface area (Å²) in [7, 11) is 0. The molecule has 5 heteroatoms. The average Bonchev–Trinajstić information content (AvgIpc) is 3.45. The summed E-state index contributed by atoms with van der Waals surface area (Å²) in [5.74, 6) is 1.28. The number of phenols is 1. The fourth-order valence-corrected chi connectivity index (χ4v) is 6.43. The molecule has 5 aromatic carbocycles. The van der Waals surface area contributed by atoms with Crippen LogP contribution in [0.1, 0.15) is 62.8 Å². The summed E-state index contributed by atoms with van der Waals surface area (Å²) >= 11 is 0. The maximum Gasteiger partial charge on any atom is 0.148 e. The van der Waals surface area contributed by atoms with Gasteiger partial charge in [0.15, 0.2) is 0 Å². The van der Waals surface area contributed by atoms with Gasteiger partial charge < -0.3 is 5.11 Å². The first-order valence-corrected chi connectivity index (χ1v) is 16.3. The normalized spacial score (nSPS) is 11.8. The Morgan fingerprint density at radius 1 is 0.750 bits per heavy atom. The van der Waals surface area contributed by atoms with Crippen molar-refractivity contribution in [2.75, 3.05) is 0 Å². The van der Waals surface area contributed by atoms with Crippen LogP contribution in [-0.2, 0) is 26.5 Å². The minimum absolute atomic E-state index is 0. The van der Waals surface area contributed by atoms with E-state index in [1.165, 1.54) is 22.1 Å². The Labute approximate surface area is 297 Å². The Hall–Kier alpha value is -4.53. The van der Waals surface area contributed by atoms with Crippen LogP contribution in [0.25, 0.3) is 61.3 Å². The Bertz CT molecular complexity index is 2290. The predicted octanol–water partition coefficient (Wildman–Crippen LogP) is 11.1. The van der Waals surface area contributed by atoms with Gasteiger partial charge in [0.25, 0.3) is 0 Å². The van der Waals surface area contributed by atoms with Crippen LogP contribution in [0.4, 0.5) is 0 Å². The van der Waals surface area contributed by atoms with Gasteiger partial charge in [-0.05, 0) is 78.1 Å². The molecule has 2 aromatic heterocycles. The number of imidazole rings is 1. The molecule has 48 heavy (non-hydrogen) atoms. The van der Waals surface area contributed by atoms with E-state index in [0.717, 1.165) is 50.1 Å². The number of nitrogens with zero attached hydrogens (tertiary/aromatic N) is 3. The van der Waals surface area contributed by atoms with Gasteiger partial charge in [-0.25, -0.2) is 4.98 Å². The number of benzene rings is 5. The summed E-state index contributed by atoms with van der Waals surface area (Å²) in [4.78, 5) is 10.1. The molecule has 0 fully saturated rings.